The molecule has 1 aromatic carbocycles. The van der Waals surface area contributed by atoms with Crippen molar-refractivity contribution in [1.82, 2.24) is 25.1 Å². The van der Waals surface area contributed by atoms with Gasteiger partial charge in [-0.1, -0.05) is 19.1 Å². The zero-order valence-electron chi connectivity index (χ0n) is 12.4. The number of likely N-dealkylation sites (tertiary alicyclic amines) is 1. The lowest BCUT2D eigenvalue weighted by atomic mass is 9.98. The van der Waals surface area contributed by atoms with Crippen LogP contribution in [0.15, 0.2) is 24.3 Å². The van der Waals surface area contributed by atoms with E-state index in [4.69, 9.17) is 0 Å². The highest BCUT2D eigenvalue weighted by Gasteiger charge is 2.21. The van der Waals surface area contributed by atoms with Gasteiger partial charge in [-0.25, -0.2) is 4.68 Å². The Balaban J connectivity index is 1.83. The molecule has 0 saturated carbocycles. The van der Waals surface area contributed by atoms with E-state index < -0.39 is 0 Å². The number of nitrogens with zero attached hydrogens (tertiary/aromatic N) is 5. The molecule has 6 nitrogen and oxygen atoms in total. The fourth-order valence-electron chi connectivity index (χ4n) is 2.66. The summed E-state index contributed by atoms with van der Waals surface area (Å²) < 4.78 is 1.60. The average molecular weight is 285 g/mol. The van der Waals surface area contributed by atoms with Crippen LogP contribution in [-0.2, 0) is 7.05 Å². The van der Waals surface area contributed by atoms with Crippen LogP contribution < -0.4 is 0 Å². The molecular weight excluding hydrogens is 266 g/mol. The molecule has 1 amide bonds. The van der Waals surface area contributed by atoms with Gasteiger partial charge in [0.25, 0.3) is 5.91 Å². The first kappa shape index (κ1) is 13.7. The molecule has 0 radical (unpaired) electrons. The van der Waals surface area contributed by atoms with E-state index in [1.165, 1.54) is 0 Å². The van der Waals surface area contributed by atoms with Crippen LogP contribution in [0.3, 0.4) is 0 Å². The Morgan fingerprint density at radius 3 is 2.71 bits per heavy atom. The number of hydrogen-bond donors (Lipinski definition) is 0. The molecular formula is C15H19N5O. The molecule has 2 aromatic rings. The van der Waals surface area contributed by atoms with Crippen molar-refractivity contribution in [3.05, 3.63) is 29.8 Å². The minimum Gasteiger partial charge on any atom is -0.339 e. The topological polar surface area (TPSA) is 63.9 Å². The van der Waals surface area contributed by atoms with Gasteiger partial charge in [0.1, 0.15) is 0 Å². The summed E-state index contributed by atoms with van der Waals surface area (Å²) >= 11 is 0. The second-order valence-electron chi connectivity index (χ2n) is 5.68. The van der Waals surface area contributed by atoms with Gasteiger partial charge in [0.2, 0.25) is 0 Å². The number of aryl methyl sites for hydroxylation is 1. The van der Waals surface area contributed by atoms with E-state index in [1.54, 1.807) is 11.7 Å². The predicted octanol–water partition coefficient (Wildman–Crippen LogP) is 1.75. The van der Waals surface area contributed by atoms with E-state index in [-0.39, 0.29) is 5.91 Å². The van der Waals surface area contributed by atoms with Crippen LogP contribution in [0.1, 0.15) is 30.1 Å². The monoisotopic (exact) mass is 285 g/mol. The number of benzene rings is 1. The van der Waals surface area contributed by atoms with Crippen molar-refractivity contribution in [1.29, 1.82) is 0 Å². The SMILES string of the molecule is CC1CCN(C(=O)c2cccc(-c3nnnn3C)c2)CC1. The van der Waals surface area contributed by atoms with Crippen molar-refractivity contribution < 1.29 is 4.79 Å². The zero-order chi connectivity index (χ0) is 14.8. The summed E-state index contributed by atoms with van der Waals surface area (Å²) in [5, 5.41) is 11.5. The van der Waals surface area contributed by atoms with Crippen LogP contribution in [0.25, 0.3) is 11.4 Å². The first-order valence-electron chi connectivity index (χ1n) is 7.27. The largest absolute Gasteiger partial charge is 0.339 e. The molecule has 0 bridgehead atoms. The first-order valence-corrected chi connectivity index (χ1v) is 7.27. The van der Waals surface area contributed by atoms with E-state index in [2.05, 4.69) is 22.4 Å². The van der Waals surface area contributed by atoms with Crippen molar-refractivity contribution in [2.75, 3.05) is 13.1 Å². The molecule has 1 aliphatic heterocycles. The van der Waals surface area contributed by atoms with E-state index in [0.29, 0.717) is 17.3 Å². The Hall–Kier alpha value is -2.24. The fraction of sp³-hybridized carbons (Fsp3) is 0.467. The molecule has 1 fully saturated rings. The van der Waals surface area contributed by atoms with Crippen LogP contribution in [-0.4, -0.2) is 44.1 Å². The maximum absolute atomic E-state index is 12.6. The molecule has 0 N–H and O–H groups in total. The van der Waals surface area contributed by atoms with Crippen LogP contribution in [0.2, 0.25) is 0 Å². The van der Waals surface area contributed by atoms with Gasteiger partial charge in [-0.2, -0.15) is 0 Å². The molecule has 6 heteroatoms. The lowest BCUT2D eigenvalue weighted by Crippen LogP contribution is -2.37. The number of tetrazole rings is 1. The third-order valence-electron chi connectivity index (χ3n) is 4.06. The molecule has 21 heavy (non-hydrogen) atoms. The number of rotatable bonds is 2. The van der Waals surface area contributed by atoms with Gasteiger partial charge in [0, 0.05) is 31.3 Å². The van der Waals surface area contributed by atoms with Crippen LogP contribution in [0.4, 0.5) is 0 Å². The Morgan fingerprint density at radius 1 is 1.29 bits per heavy atom. The van der Waals surface area contributed by atoms with Gasteiger partial charge < -0.3 is 4.90 Å². The minimum atomic E-state index is 0.0962. The molecule has 110 valence electrons. The lowest BCUT2D eigenvalue weighted by Gasteiger charge is -2.30. The maximum Gasteiger partial charge on any atom is 0.253 e. The molecule has 0 atom stereocenters. The summed E-state index contributed by atoms with van der Waals surface area (Å²) in [5.41, 5.74) is 1.56. The van der Waals surface area contributed by atoms with Crippen molar-refractivity contribution in [2.45, 2.75) is 19.8 Å². The highest BCUT2D eigenvalue weighted by atomic mass is 16.2. The quantitative estimate of drug-likeness (QED) is 0.843. The standard InChI is InChI=1S/C15H19N5O/c1-11-6-8-20(9-7-11)15(21)13-5-3-4-12(10-13)14-16-17-18-19(14)2/h3-5,10-11H,6-9H2,1-2H3. The smallest absolute Gasteiger partial charge is 0.253 e. The van der Waals surface area contributed by atoms with Crippen LogP contribution >= 0.6 is 0 Å². The van der Waals surface area contributed by atoms with E-state index >= 15 is 0 Å². The molecule has 3 rings (SSSR count). The van der Waals surface area contributed by atoms with E-state index in [1.807, 2.05) is 29.2 Å². The average Bonchev–Trinajstić information content (AvgIpc) is 2.94. The maximum atomic E-state index is 12.6. The third kappa shape index (κ3) is 2.79. The summed E-state index contributed by atoms with van der Waals surface area (Å²) in [6, 6.07) is 7.52. The van der Waals surface area contributed by atoms with Gasteiger partial charge in [-0.15, -0.1) is 5.10 Å². The van der Waals surface area contributed by atoms with Crippen molar-refractivity contribution in [3.8, 4) is 11.4 Å². The molecule has 0 unspecified atom stereocenters. The molecule has 1 saturated heterocycles. The van der Waals surface area contributed by atoms with Gasteiger partial charge in [-0.3, -0.25) is 4.79 Å². The molecule has 2 heterocycles. The van der Waals surface area contributed by atoms with E-state index in [0.717, 1.165) is 31.5 Å². The summed E-state index contributed by atoms with van der Waals surface area (Å²) in [6.45, 7) is 3.93. The van der Waals surface area contributed by atoms with Crippen LogP contribution in [0.5, 0.6) is 0 Å². The zero-order valence-corrected chi connectivity index (χ0v) is 12.4. The molecule has 0 aliphatic carbocycles. The fourth-order valence-corrected chi connectivity index (χ4v) is 2.66. The summed E-state index contributed by atoms with van der Waals surface area (Å²) in [6.07, 6.45) is 2.16. The number of carbonyl (C=O) groups excluding carboxylic acids is 1. The predicted molar refractivity (Wildman–Crippen MR) is 78.5 cm³/mol. The van der Waals surface area contributed by atoms with Crippen LogP contribution in [0, 0.1) is 5.92 Å². The number of carbonyl (C=O) groups is 1. The molecule has 1 aromatic heterocycles. The van der Waals surface area contributed by atoms with Gasteiger partial charge in [0.05, 0.1) is 0 Å². The third-order valence-corrected chi connectivity index (χ3v) is 4.06. The van der Waals surface area contributed by atoms with Crippen molar-refractivity contribution in [3.63, 3.8) is 0 Å². The Kier molecular flexibility index (Phi) is 3.68. The van der Waals surface area contributed by atoms with Crippen molar-refractivity contribution in [2.24, 2.45) is 13.0 Å². The summed E-state index contributed by atoms with van der Waals surface area (Å²) in [7, 11) is 1.79. The Labute approximate surface area is 123 Å². The van der Waals surface area contributed by atoms with Crippen molar-refractivity contribution >= 4 is 5.91 Å². The second-order valence-corrected chi connectivity index (χ2v) is 5.68. The second kappa shape index (κ2) is 5.63. The number of piperidine rings is 1. The molecule has 0 spiro atoms. The highest BCUT2D eigenvalue weighted by Crippen LogP contribution is 2.21. The Bertz CT molecular complexity index is 643. The number of amides is 1. The van der Waals surface area contributed by atoms with E-state index in [9.17, 15) is 4.79 Å². The Morgan fingerprint density at radius 2 is 2.05 bits per heavy atom. The normalized spacial score (nSPS) is 16.2. The lowest BCUT2D eigenvalue weighted by molar-refractivity contribution is 0.0697. The number of hydrogen-bond acceptors (Lipinski definition) is 4. The minimum absolute atomic E-state index is 0.0962. The molecule has 1 aliphatic rings. The number of aromatic nitrogens is 4. The van der Waals surface area contributed by atoms with Gasteiger partial charge in [0.15, 0.2) is 5.82 Å². The first-order chi connectivity index (χ1) is 10.1. The highest BCUT2D eigenvalue weighted by molar-refractivity contribution is 5.95. The van der Waals surface area contributed by atoms with Gasteiger partial charge in [-0.05, 0) is 41.3 Å². The summed E-state index contributed by atoms with van der Waals surface area (Å²) in [5.74, 6) is 1.47. The summed E-state index contributed by atoms with van der Waals surface area (Å²) in [4.78, 5) is 14.5. The van der Waals surface area contributed by atoms with Gasteiger partial charge >= 0.3 is 0 Å².